The molecule has 8 nitrogen and oxygen atoms in total. The van der Waals surface area contributed by atoms with Crippen LogP contribution < -0.4 is 14.8 Å². The molecular formula is C21H25N3O5S. The van der Waals surface area contributed by atoms with Gasteiger partial charge in [-0.2, -0.15) is 17.0 Å². The standard InChI is InChI=1S/C21H25N3O5S/c1-2-23(30(26,27)24-10-9-16-5-3-4-6-17(16)14-24)15-21(25)22-18-7-8-19-20(13-18)29-12-11-28-19/h3-8,13H,2,9-12,14-15H2,1H3,(H,22,25). The third-order valence-corrected chi connectivity index (χ3v) is 7.25. The van der Waals surface area contributed by atoms with Crippen molar-refractivity contribution >= 4 is 21.8 Å². The van der Waals surface area contributed by atoms with E-state index in [4.69, 9.17) is 9.47 Å². The van der Waals surface area contributed by atoms with Gasteiger partial charge in [-0.15, -0.1) is 0 Å². The number of ether oxygens (including phenoxy) is 2. The Morgan fingerprint density at radius 2 is 1.83 bits per heavy atom. The maximum Gasteiger partial charge on any atom is 0.282 e. The molecule has 1 N–H and O–H groups in total. The number of likely N-dealkylation sites (N-methyl/N-ethyl adjacent to an activating group) is 1. The first kappa shape index (κ1) is 20.6. The monoisotopic (exact) mass is 431 g/mol. The zero-order chi connectivity index (χ0) is 21.1. The predicted molar refractivity (Wildman–Crippen MR) is 113 cm³/mol. The number of nitrogens with zero attached hydrogens (tertiary/aromatic N) is 2. The molecule has 0 aliphatic carbocycles. The summed E-state index contributed by atoms with van der Waals surface area (Å²) in [5.74, 6) is 0.780. The highest BCUT2D eigenvalue weighted by Gasteiger charge is 2.32. The summed E-state index contributed by atoms with van der Waals surface area (Å²) in [5.41, 5.74) is 2.71. The zero-order valence-electron chi connectivity index (χ0n) is 16.8. The van der Waals surface area contributed by atoms with Crippen LogP contribution >= 0.6 is 0 Å². The fourth-order valence-electron chi connectivity index (χ4n) is 3.67. The molecule has 2 aliphatic heterocycles. The molecule has 0 atom stereocenters. The average Bonchev–Trinajstić information content (AvgIpc) is 2.77. The molecular weight excluding hydrogens is 406 g/mol. The van der Waals surface area contributed by atoms with Crippen molar-refractivity contribution in [2.24, 2.45) is 0 Å². The molecule has 0 saturated carbocycles. The van der Waals surface area contributed by atoms with Gasteiger partial charge in [-0.1, -0.05) is 31.2 Å². The Kier molecular flexibility index (Phi) is 5.94. The Morgan fingerprint density at radius 1 is 1.10 bits per heavy atom. The van der Waals surface area contributed by atoms with Gasteiger partial charge in [-0.3, -0.25) is 4.79 Å². The van der Waals surface area contributed by atoms with Crippen LogP contribution in [0.25, 0.3) is 0 Å². The van der Waals surface area contributed by atoms with Crippen LogP contribution in [-0.4, -0.2) is 55.8 Å². The predicted octanol–water partition coefficient (Wildman–Crippen LogP) is 2.02. The molecule has 160 valence electrons. The van der Waals surface area contributed by atoms with Gasteiger partial charge in [0.15, 0.2) is 11.5 Å². The van der Waals surface area contributed by atoms with Crippen LogP contribution in [0.3, 0.4) is 0 Å². The van der Waals surface area contributed by atoms with E-state index < -0.39 is 16.1 Å². The minimum Gasteiger partial charge on any atom is -0.486 e. The fraction of sp³-hybridized carbons (Fsp3) is 0.381. The van der Waals surface area contributed by atoms with E-state index in [2.05, 4.69) is 5.32 Å². The summed E-state index contributed by atoms with van der Waals surface area (Å²) in [6.45, 7) is 3.33. The van der Waals surface area contributed by atoms with Crippen molar-refractivity contribution in [2.45, 2.75) is 19.9 Å². The minimum atomic E-state index is -3.76. The topological polar surface area (TPSA) is 88.2 Å². The highest BCUT2D eigenvalue weighted by atomic mass is 32.2. The number of amides is 1. The first-order chi connectivity index (χ1) is 14.5. The highest BCUT2D eigenvalue weighted by molar-refractivity contribution is 7.86. The van der Waals surface area contributed by atoms with Gasteiger partial charge >= 0.3 is 0 Å². The molecule has 2 heterocycles. The molecule has 0 aromatic heterocycles. The van der Waals surface area contributed by atoms with E-state index in [-0.39, 0.29) is 13.1 Å². The lowest BCUT2D eigenvalue weighted by Gasteiger charge is -2.32. The van der Waals surface area contributed by atoms with Crippen LogP contribution in [0.4, 0.5) is 5.69 Å². The summed E-state index contributed by atoms with van der Waals surface area (Å²) in [6, 6.07) is 13.0. The van der Waals surface area contributed by atoms with Crippen molar-refractivity contribution in [2.75, 3.05) is 38.2 Å². The van der Waals surface area contributed by atoms with Crippen molar-refractivity contribution < 1.29 is 22.7 Å². The number of hydrogen-bond donors (Lipinski definition) is 1. The summed E-state index contributed by atoms with van der Waals surface area (Å²) in [5, 5.41) is 2.75. The summed E-state index contributed by atoms with van der Waals surface area (Å²) in [7, 11) is -3.76. The van der Waals surface area contributed by atoms with Crippen LogP contribution in [-0.2, 0) is 28.0 Å². The average molecular weight is 432 g/mol. The fourth-order valence-corrected chi connectivity index (χ4v) is 5.23. The van der Waals surface area contributed by atoms with Gasteiger partial charge in [0.25, 0.3) is 10.2 Å². The van der Waals surface area contributed by atoms with Gasteiger partial charge in [0, 0.05) is 31.4 Å². The van der Waals surface area contributed by atoms with Gasteiger partial charge in [0.1, 0.15) is 13.2 Å². The van der Waals surface area contributed by atoms with E-state index in [0.29, 0.717) is 49.9 Å². The molecule has 0 spiro atoms. The van der Waals surface area contributed by atoms with Crippen molar-refractivity contribution in [3.05, 3.63) is 53.6 Å². The number of nitrogens with one attached hydrogen (secondary N) is 1. The van der Waals surface area contributed by atoms with Crippen LogP contribution in [0.5, 0.6) is 11.5 Å². The van der Waals surface area contributed by atoms with E-state index in [1.165, 1.54) is 14.2 Å². The Hall–Kier alpha value is -2.62. The first-order valence-corrected chi connectivity index (χ1v) is 11.4. The van der Waals surface area contributed by atoms with E-state index in [1.54, 1.807) is 25.1 Å². The quantitative estimate of drug-likeness (QED) is 0.756. The lowest BCUT2D eigenvalue weighted by atomic mass is 10.0. The molecule has 4 rings (SSSR count). The lowest BCUT2D eigenvalue weighted by molar-refractivity contribution is -0.116. The minimum absolute atomic E-state index is 0.203. The van der Waals surface area contributed by atoms with Crippen molar-refractivity contribution in [1.29, 1.82) is 0 Å². The van der Waals surface area contributed by atoms with Gasteiger partial charge in [-0.25, -0.2) is 0 Å². The van der Waals surface area contributed by atoms with Gasteiger partial charge < -0.3 is 14.8 Å². The van der Waals surface area contributed by atoms with E-state index in [9.17, 15) is 13.2 Å². The third kappa shape index (κ3) is 4.28. The van der Waals surface area contributed by atoms with Crippen LogP contribution in [0.2, 0.25) is 0 Å². The Morgan fingerprint density at radius 3 is 2.60 bits per heavy atom. The number of fused-ring (bicyclic) bond motifs is 2. The van der Waals surface area contributed by atoms with E-state index in [0.717, 1.165) is 5.56 Å². The van der Waals surface area contributed by atoms with Gasteiger partial charge in [0.05, 0.1) is 6.54 Å². The molecule has 2 aliphatic rings. The molecule has 0 saturated heterocycles. The Bertz CT molecular complexity index is 1040. The number of anilines is 1. The van der Waals surface area contributed by atoms with Crippen molar-refractivity contribution in [1.82, 2.24) is 8.61 Å². The summed E-state index contributed by atoms with van der Waals surface area (Å²) < 4.78 is 39.9. The first-order valence-electron chi connectivity index (χ1n) is 9.99. The second-order valence-corrected chi connectivity index (χ2v) is 9.12. The number of carbonyl (C=O) groups is 1. The van der Waals surface area contributed by atoms with Crippen molar-refractivity contribution in [3.8, 4) is 11.5 Å². The molecule has 0 unspecified atom stereocenters. The maximum absolute atomic E-state index is 13.1. The summed E-state index contributed by atoms with van der Waals surface area (Å²) in [6.07, 6.45) is 0.663. The number of rotatable bonds is 6. The number of hydrogen-bond acceptors (Lipinski definition) is 5. The molecule has 9 heteroatoms. The highest BCUT2D eigenvalue weighted by Crippen LogP contribution is 2.32. The second kappa shape index (κ2) is 8.63. The Labute approximate surface area is 176 Å². The van der Waals surface area contributed by atoms with Gasteiger partial charge in [-0.05, 0) is 29.7 Å². The smallest absolute Gasteiger partial charge is 0.282 e. The van der Waals surface area contributed by atoms with Crippen LogP contribution in [0, 0.1) is 0 Å². The number of carbonyl (C=O) groups excluding carboxylic acids is 1. The Balaban J connectivity index is 1.43. The molecule has 30 heavy (non-hydrogen) atoms. The van der Waals surface area contributed by atoms with Crippen molar-refractivity contribution in [3.63, 3.8) is 0 Å². The molecule has 2 aromatic carbocycles. The lowest BCUT2D eigenvalue weighted by Crippen LogP contribution is -2.48. The number of benzene rings is 2. The largest absolute Gasteiger partial charge is 0.486 e. The van der Waals surface area contributed by atoms with Crippen LogP contribution in [0.1, 0.15) is 18.1 Å². The molecule has 1 amide bonds. The van der Waals surface area contributed by atoms with E-state index >= 15 is 0 Å². The summed E-state index contributed by atoms with van der Waals surface area (Å²) >= 11 is 0. The molecule has 0 bridgehead atoms. The third-order valence-electron chi connectivity index (χ3n) is 5.25. The normalized spacial score (nSPS) is 16.2. The molecule has 2 aromatic rings. The zero-order valence-corrected chi connectivity index (χ0v) is 17.7. The van der Waals surface area contributed by atoms with Crippen LogP contribution in [0.15, 0.2) is 42.5 Å². The van der Waals surface area contributed by atoms with Gasteiger partial charge in [0.2, 0.25) is 5.91 Å². The second-order valence-electron chi connectivity index (χ2n) is 7.19. The molecule has 0 radical (unpaired) electrons. The summed E-state index contributed by atoms with van der Waals surface area (Å²) in [4.78, 5) is 12.6. The van der Waals surface area contributed by atoms with E-state index in [1.807, 2.05) is 24.3 Å². The molecule has 0 fully saturated rings. The SMILES string of the molecule is CCN(CC(=O)Nc1ccc2c(c1)OCCO2)S(=O)(=O)N1CCc2ccccc2C1. The maximum atomic E-state index is 13.1.